The van der Waals surface area contributed by atoms with E-state index in [1.807, 2.05) is 0 Å². The predicted octanol–water partition coefficient (Wildman–Crippen LogP) is -8.29. The minimum atomic E-state index is -1.91. The highest BCUT2D eigenvalue weighted by atomic mass is 16.8. The minimum absolute atomic E-state index is 0.111. The van der Waals surface area contributed by atoms with Crippen molar-refractivity contribution < 1.29 is 99.5 Å². The molecule has 0 aromatic carbocycles. The van der Waals surface area contributed by atoms with E-state index in [0.29, 0.717) is 0 Å². The number of aliphatic hydroxyl groups excluding tert-OH is 13. The van der Waals surface area contributed by atoms with Crippen LogP contribution in [0, 0.1) is 0 Å². The van der Waals surface area contributed by atoms with Gasteiger partial charge in [0.1, 0.15) is 97.7 Å². The Morgan fingerprint density at radius 3 is 1.22 bits per heavy atom. The van der Waals surface area contributed by atoms with Crippen LogP contribution < -0.4 is 0 Å². The van der Waals surface area contributed by atoms with Gasteiger partial charge in [0.25, 0.3) is 0 Å². The fraction of sp³-hybridized carbons (Fsp3) is 1.00. The molecule has 4 heterocycles. The molecule has 0 aliphatic carbocycles. The molecule has 20 heteroatoms. The maximum absolute atomic E-state index is 11.5. The van der Waals surface area contributed by atoms with Gasteiger partial charge < -0.3 is 99.5 Å². The van der Waals surface area contributed by atoms with Crippen molar-refractivity contribution in [2.24, 2.45) is 0 Å². The zero-order valence-corrected chi connectivity index (χ0v) is 24.8. The first kappa shape index (κ1) is 38.0. The lowest BCUT2D eigenvalue weighted by molar-refractivity contribution is -0.374. The van der Waals surface area contributed by atoms with Crippen molar-refractivity contribution >= 4 is 0 Å². The van der Waals surface area contributed by atoms with Crippen molar-refractivity contribution in [3.63, 3.8) is 0 Å². The lowest BCUT2D eigenvalue weighted by Gasteiger charge is -2.49. The van der Waals surface area contributed by atoms with Crippen molar-refractivity contribution in [2.45, 2.75) is 136 Å². The van der Waals surface area contributed by atoms with Crippen LogP contribution in [-0.2, 0) is 33.2 Å². The zero-order valence-electron chi connectivity index (χ0n) is 24.8. The van der Waals surface area contributed by atoms with Gasteiger partial charge >= 0.3 is 0 Å². The van der Waals surface area contributed by atoms with Gasteiger partial charge in [-0.25, -0.2) is 0 Å². The average Bonchev–Trinajstić information content (AvgIpc) is 3.05. The molecule has 20 nitrogen and oxygen atoms in total. The first-order chi connectivity index (χ1) is 21.8. The molecule has 13 N–H and O–H groups in total. The lowest BCUT2D eigenvalue weighted by atomic mass is 9.92. The Morgan fingerprint density at radius 2 is 0.804 bits per heavy atom. The molecule has 0 spiro atoms. The first-order valence-corrected chi connectivity index (χ1v) is 15.0. The molecule has 4 fully saturated rings. The molecule has 0 amide bonds. The maximum atomic E-state index is 11.5. The van der Waals surface area contributed by atoms with E-state index in [2.05, 4.69) is 0 Å². The van der Waals surface area contributed by atoms with Gasteiger partial charge in [-0.3, -0.25) is 0 Å². The normalized spacial score (nSPS) is 52.0. The summed E-state index contributed by atoms with van der Waals surface area (Å²) in [7, 11) is 0. The molecule has 0 unspecified atom stereocenters. The van der Waals surface area contributed by atoms with Crippen LogP contribution in [0.1, 0.15) is 13.3 Å². The van der Waals surface area contributed by atoms with E-state index in [1.165, 1.54) is 0 Å². The number of aliphatic hydroxyl groups is 13. The van der Waals surface area contributed by atoms with Crippen LogP contribution in [-0.4, -0.2) is 215 Å². The van der Waals surface area contributed by atoms with Gasteiger partial charge in [0.15, 0.2) is 18.9 Å². The van der Waals surface area contributed by atoms with E-state index in [0.717, 1.165) is 0 Å². The molecule has 46 heavy (non-hydrogen) atoms. The van der Waals surface area contributed by atoms with Crippen molar-refractivity contribution in [3.8, 4) is 0 Å². The number of ether oxygens (including phenoxy) is 7. The second kappa shape index (κ2) is 16.3. The van der Waals surface area contributed by atoms with Crippen molar-refractivity contribution in [2.75, 3.05) is 26.4 Å². The Morgan fingerprint density at radius 1 is 0.413 bits per heavy atom. The maximum Gasteiger partial charge on any atom is 0.187 e. The molecular weight excluding hydrogens is 632 g/mol. The van der Waals surface area contributed by atoms with Crippen LogP contribution in [0.5, 0.6) is 0 Å². The van der Waals surface area contributed by atoms with Crippen LogP contribution in [0.4, 0.5) is 0 Å². The summed E-state index contributed by atoms with van der Waals surface area (Å²) in [6.45, 7) is -1.22. The molecule has 270 valence electrons. The SMILES string of the molecule is CC[C@@H]1O[C@H](CO[C@@H]2O[C@H](CO)[C@@H](O)[C@H](O)[C@H]2O)[C@@H](O)[C@H](O[C@@H]2O[C@H](CO)[C@@H](O)[C@H](O)[C@H]2O)[C@H]1O[C@@H]1O[C@H](CO)[C@@H](O)[C@H](O)[C@H]1O. The van der Waals surface area contributed by atoms with Gasteiger partial charge in [0, 0.05) is 0 Å². The Kier molecular flexibility index (Phi) is 13.4. The third kappa shape index (κ3) is 7.66. The summed E-state index contributed by atoms with van der Waals surface area (Å²) in [6.07, 6.45) is -32.4. The highest BCUT2D eigenvalue weighted by Crippen LogP contribution is 2.35. The third-order valence-corrected chi connectivity index (χ3v) is 8.71. The number of hydrogen-bond donors (Lipinski definition) is 13. The monoisotopic (exact) mass is 678 g/mol. The quantitative estimate of drug-likeness (QED) is 0.0964. The minimum Gasteiger partial charge on any atom is -0.394 e. The molecule has 0 radical (unpaired) electrons. The highest BCUT2D eigenvalue weighted by Gasteiger charge is 2.54. The summed E-state index contributed by atoms with van der Waals surface area (Å²) in [5, 5.41) is 133. The van der Waals surface area contributed by atoms with E-state index in [9.17, 15) is 66.4 Å². The van der Waals surface area contributed by atoms with Crippen LogP contribution in [0.15, 0.2) is 0 Å². The van der Waals surface area contributed by atoms with Gasteiger partial charge in [0.2, 0.25) is 0 Å². The van der Waals surface area contributed by atoms with Gasteiger partial charge in [-0.2, -0.15) is 0 Å². The van der Waals surface area contributed by atoms with E-state index in [1.54, 1.807) is 6.92 Å². The summed E-state index contributed by atoms with van der Waals surface area (Å²) < 4.78 is 39.6. The van der Waals surface area contributed by atoms with Gasteiger partial charge in [-0.15, -0.1) is 0 Å². The second-order valence-corrected chi connectivity index (χ2v) is 11.7. The fourth-order valence-corrected chi connectivity index (χ4v) is 5.85. The van der Waals surface area contributed by atoms with E-state index in [4.69, 9.17) is 33.2 Å². The number of rotatable bonds is 11. The zero-order chi connectivity index (χ0) is 34.0. The molecule has 0 bridgehead atoms. The van der Waals surface area contributed by atoms with Crippen LogP contribution in [0.2, 0.25) is 0 Å². The van der Waals surface area contributed by atoms with Gasteiger partial charge in [0.05, 0.1) is 32.5 Å². The molecule has 0 aromatic heterocycles. The fourth-order valence-electron chi connectivity index (χ4n) is 5.85. The lowest BCUT2D eigenvalue weighted by Crippen LogP contribution is -2.67. The van der Waals surface area contributed by atoms with Crippen LogP contribution >= 0.6 is 0 Å². The molecular formula is C26H46O20. The van der Waals surface area contributed by atoms with Gasteiger partial charge in [-0.1, -0.05) is 6.92 Å². The molecule has 4 aliphatic heterocycles. The largest absolute Gasteiger partial charge is 0.394 e. The third-order valence-electron chi connectivity index (χ3n) is 8.71. The molecule has 20 atom stereocenters. The van der Waals surface area contributed by atoms with Crippen LogP contribution in [0.3, 0.4) is 0 Å². The highest BCUT2D eigenvalue weighted by molar-refractivity contribution is 4.98. The van der Waals surface area contributed by atoms with E-state index in [-0.39, 0.29) is 6.42 Å². The predicted molar refractivity (Wildman–Crippen MR) is 142 cm³/mol. The molecule has 0 aromatic rings. The van der Waals surface area contributed by atoms with Crippen molar-refractivity contribution in [1.82, 2.24) is 0 Å². The summed E-state index contributed by atoms with van der Waals surface area (Å²) in [4.78, 5) is 0. The van der Waals surface area contributed by atoms with Gasteiger partial charge in [-0.05, 0) is 6.42 Å². The van der Waals surface area contributed by atoms with E-state index < -0.39 is 149 Å². The smallest absolute Gasteiger partial charge is 0.187 e. The average molecular weight is 679 g/mol. The summed E-state index contributed by atoms with van der Waals surface area (Å²) in [5.74, 6) is 0. The first-order valence-electron chi connectivity index (χ1n) is 15.0. The standard InChI is InChI=1S/C26H46O20/c1-2-7-22(45-25-20(38)17(35)13(31)9(4-28)43-25)23(46-26-21(39)18(36)14(32)10(5-29)44-26)15(33)11(41-7)6-40-24-19(37)16(34)12(30)8(3-27)42-24/h7-39H,2-6H2,1H3/t7-,8+,9+,10+,11+,12+,13+,14+,15+,16-,17-,18-,19+,20+,21+,22-,23-,24+,25-,26-/m0/s1. The van der Waals surface area contributed by atoms with Crippen molar-refractivity contribution in [1.29, 1.82) is 0 Å². The van der Waals surface area contributed by atoms with E-state index >= 15 is 0 Å². The van der Waals surface area contributed by atoms with Crippen molar-refractivity contribution in [3.05, 3.63) is 0 Å². The Balaban J connectivity index is 1.58. The Bertz CT molecular complexity index is 928. The summed E-state index contributed by atoms with van der Waals surface area (Å²) in [5.41, 5.74) is 0. The second-order valence-electron chi connectivity index (χ2n) is 11.7. The van der Waals surface area contributed by atoms with Crippen LogP contribution in [0.25, 0.3) is 0 Å². The molecule has 4 saturated heterocycles. The topological polar surface area (TPSA) is 328 Å². The summed E-state index contributed by atoms with van der Waals surface area (Å²) in [6, 6.07) is 0. The molecule has 4 aliphatic rings. The Hall–Kier alpha value is -0.800. The molecule has 0 saturated carbocycles. The number of hydrogen-bond acceptors (Lipinski definition) is 20. The molecule has 4 rings (SSSR count). The Labute approximate surface area is 262 Å². The summed E-state index contributed by atoms with van der Waals surface area (Å²) >= 11 is 0.